The summed E-state index contributed by atoms with van der Waals surface area (Å²) in [4.78, 5) is 36.6. The number of aryl methyl sites for hydroxylation is 2. The molecule has 0 aromatic heterocycles. The van der Waals surface area contributed by atoms with E-state index in [9.17, 15) is 4.79 Å². The topological polar surface area (TPSA) is 110 Å². The van der Waals surface area contributed by atoms with Gasteiger partial charge >= 0.3 is 7.82 Å². The van der Waals surface area contributed by atoms with Crippen LogP contribution in [-0.4, -0.2) is 44.6 Å². The number of amides is 1. The van der Waals surface area contributed by atoms with Crippen LogP contribution in [0.25, 0.3) is 0 Å². The second-order valence-corrected chi connectivity index (χ2v) is 7.70. The molecule has 0 spiro atoms. The highest BCUT2D eigenvalue weighted by molar-refractivity contribution is 7.45. The van der Waals surface area contributed by atoms with Crippen LogP contribution < -0.4 is 5.32 Å². The lowest BCUT2D eigenvalue weighted by atomic mass is 10.00. The largest absolute Gasteiger partial charge is 0.466 e. The molecule has 1 atom stereocenters. The summed E-state index contributed by atoms with van der Waals surface area (Å²) in [5.74, 6) is 0.170. The van der Waals surface area contributed by atoms with Crippen LogP contribution in [0, 0.1) is 13.8 Å². The zero-order chi connectivity index (χ0) is 19.7. The number of rotatable bonds is 5. The maximum Gasteiger partial charge on any atom is 0.466 e. The second-order valence-electron chi connectivity index (χ2n) is 6.67. The molecular formula is C18H31N2O5P. The molecule has 1 saturated heterocycles. The summed E-state index contributed by atoms with van der Waals surface area (Å²) >= 11 is 0. The molecule has 26 heavy (non-hydrogen) atoms. The first-order chi connectivity index (χ1) is 12.1. The maximum absolute atomic E-state index is 12.7. The number of anilines is 1. The molecule has 1 aromatic rings. The molecule has 4 N–H and O–H groups in total. The van der Waals surface area contributed by atoms with Crippen molar-refractivity contribution in [2.45, 2.75) is 58.9 Å². The Morgan fingerprint density at radius 3 is 2.35 bits per heavy atom. The van der Waals surface area contributed by atoms with E-state index in [0.717, 1.165) is 42.7 Å². The molecule has 8 heteroatoms. The van der Waals surface area contributed by atoms with Gasteiger partial charge in [0.2, 0.25) is 5.91 Å². The van der Waals surface area contributed by atoms with Crippen LogP contribution in [0.3, 0.4) is 0 Å². The predicted molar refractivity (Wildman–Crippen MR) is 103 cm³/mol. The number of unbranched alkanes of at least 4 members (excludes halogenated alkanes) is 1. The Hall–Kier alpha value is -1.24. The molecule has 1 aliphatic rings. The minimum absolute atomic E-state index is 0.0457. The summed E-state index contributed by atoms with van der Waals surface area (Å²) in [6.07, 6.45) is 5.72. The monoisotopic (exact) mass is 386 g/mol. The van der Waals surface area contributed by atoms with Gasteiger partial charge in [-0.05, 0) is 57.3 Å². The van der Waals surface area contributed by atoms with Crippen molar-refractivity contribution >= 4 is 19.4 Å². The van der Waals surface area contributed by atoms with E-state index in [1.165, 1.54) is 19.3 Å². The van der Waals surface area contributed by atoms with E-state index in [2.05, 4.69) is 43.1 Å². The number of nitrogens with one attached hydrogen (secondary N) is 1. The predicted octanol–water partition coefficient (Wildman–Crippen LogP) is 2.97. The summed E-state index contributed by atoms with van der Waals surface area (Å²) in [6, 6.07) is 6.19. The number of phosphoric acid groups is 1. The van der Waals surface area contributed by atoms with E-state index in [0.29, 0.717) is 0 Å². The molecule has 0 saturated carbocycles. The molecule has 0 unspecified atom stereocenters. The molecule has 2 rings (SSSR count). The van der Waals surface area contributed by atoms with Gasteiger partial charge in [0.1, 0.15) is 0 Å². The average molecular weight is 386 g/mol. The van der Waals surface area contributed by atoms with E-state index in [4.69, 9.17) is 19.2 Å². The van der Waals surface area contributed by atoms with Gasteiger partial charge in [0.05, 0.1) is 6.04 Å². The van der Waals surface area contributed by atoms with Crippen LogP contribution in [0.4, 0.5) is 5.69 Å². The SMILES string of the molecule is CCCCN1CCCC[C@H]1C(=O)Nc1c(C)cccc1C.O=P(O)(O)O. The van der Waals surface area contributed by atoms with Crippen LogP contribution >= 0.6 is 7.82 Å². The Bertz CT molecular complexity index is 603. The summed E-state index contributed by atoms with van der Waals surface area (Å²) in [5, 5.41) is 3.17. The molecule has 0 aliphatic carbocycles. The molecule has 1 heterocycles. The average Bonchev–Trinajstić information content (AvgIpc) is 2.55. The molecule has 148 valence electrons. The lowest BCUT2D eigenvalue weighted by molar-refractivity contribution is -0.122. The lowest BCUT2D eigenvalue weighted by Gasteiger charge is -2.34. The van der Waals surface area contributed by atoms with Gasteiger partial charge in [-0.3, -0.25) is 9.69 Å². The smallest absolute Gasteiger partial charge is 0.324 e. The lowest BCUT2D eigenvalue weighted by Crippen LogP contribution is -2.47. The molecule has 1 aliphatic heterocycles. The van der Waals surface area contributed by atoms with E-state index >= 15 is 0 Å². The van der Waals surface area contributed by atoms with Gasteiger partial charge in [-0.2, -0.15) is 0 Å². The van der Waals surface area contributed by atoms with Crippen molar-refractivity contribution in [2.24, 2.45) is 0 Å². The van der Waals surface area contributed by atoms with Crippen molar-refractivity contribution in [3.8, 4) is 0 Å². The molecular weight excluding hydrogens is 355 g/mol. The van der Waals surface area contributed by atoms with Crippen LogP contribution in [0.15, 0.2) is 18.2 Å². The third-order valence-corrected chi connectivity index (χ3v) is 4.44. The highest BCUT2D eigenvalue weighted by Gasteiger charge is 2.28. The third-order valence-electron chi connectivity index (χ3n) is 4.44. The number of carbonyl (C=O) groups is 1. The molecule has 7 nitrogen and oxygen atoms in total. The normalized spacial score (nSPS) is 18.0. The van der Waals surface area contributed by atoms with Gasteiger partial charge < -0.3 is 20.0 Å². The third kappa shape index (κ3) is 8.43. The fourth-order valence-corrected chi connectivity index (χ4v) is 3.13. The van der Waals surface area contributed by atoms with Crippen LogP contribution in [0.1, 0.15) is 50.2 Å². The summed E-state index contributed by atoms with van der Waals surface area (Å²) < 4.78 is 8.88. The van der Waals surface area contributed by atoms with Gasteiger partial charge in [0.15, 0.2) is 0 Å². The van der Waals surface area contributed by atoms with Crippen molar-refractivity contribution in [3.63, 3.8) is 0 Å². The standard InChI is InChI=1S/C18H28N2O.H3O4P/c1-4-5-12-20-13-7-6-11-16(20)18(21)19-17-14(2)9-8-10-15(17)3;1-5(2,3)4/h8-10,16H,4-7,11-13H2,1-3H3,(H,19,21);(H3,1,2,3,4)/t16-;/m0./s1. The number of para-hydroxylation sites is 1. The zero-order valence-corrected chi connectivity index (χ0v) is 16.7. The van der Waals surface area contributed by atoms with Gasteiger partial charge in [-0.25, -0.2) is 4.57 Å². The van der Waals surface area contributed by atoms with Crippen LogP contribution in [-0.2, 0) is 9.36 Å². The van der Waals surface area contributed by atoms with Crippen molar-refractivity contribution in [1.82, 2.24) is 4.90 Å². The van der Waals surface area contributed by atoms with E-state index in [1.54, 1.807) is 0 Å². The summed E-state index contributed by atoms with van der Waals surface area (Å²) in [6.45, 7) is 8.42. The first-order valence-electron chi connectivity index (χ1n) is 9.03. The first-order valence-corrected chi connectivity index (χ1v) is 10.6. The fraction of sp³-hybridized carbons (Fsp3) is 0.611. The minimum atomic E-state index is -4.64. The minimum Gasteiger partial charge on any atom is -0.324 e. The quantitative estimate of drug-likeness (QED) is 0.579. The highest BCUT2D eigenvalue weighted by atomic mass is 31.2. The Morgan fingerprint density at radius 2 is 1.81 bits per heavy atom. The van der Waals surface area contributed by atoms with Gasteiger partial charge in [-0.1, -0.05) is 38.0 Å². The fourth-order valence-electron chi connectivity index (χ4n) is 3.13. The number of carbonyl (C=O) groups excluding carboxylic acids is 1. The Labute approximate surface area is 155 Å². The van der Waals surface area contributed by atoms with Gasteiger partial charge in [0, 0.05) is 5.69 Å². The summed E-state index contributed by atoms with van der Waals surface area (Å²) in [7, 11) is -4.64. The number of likely N-dealkylation sites (tertiary alicyclic amines) is 1. The Kier molecular flexibility index (Phi) is 9.47. The van der Waals surface area contributed by atoms with Crippen LogP contribution in [0.5, 0.6) is 0 Å². The molecule has 0 radical (unpaired) electrons. The van der Waals surface area contributed by atoms with Gasteiger partial charge in [0.25, 0.3) is 0 Å². The van der Waals surface area contributed by atoms with Gasteiger partial charge in [-0.15, -0.1) is 0 Å². The van der Waals surface area contributed by atoms with Crippen molar-refractivity contribution in [1.29, 1.82) is 0 Å². The number of piperidine rings is 1. The van der Waals surface area contributed by atoms with Crippen molar-refractivity contribution in [2.75, 3.05) is 18.4 Å². The van der Waals surface area contributed by atoms with E-state index < -0.39 is 7.82 Å². The van der Waals surface area contributed by atoms with E-state index in [1.807, 2.05) is 6.07 Å². The number of hydrogen-bond donors (Lipinski definition) is 4. The zero-order valence-electron chi connectivity index (χ0n) is 15.8. The maximum atomic E-state index is 12.7. The Morgan fingerprint density at radius 1 is 1.23 bits per heavy atom. The van der Waals surface area contributed by atoms with Crippen LogP contribution in [0.2, 0.25) is 0 Å². The number of benzene rings is 1. The van der Waals surface area contributed by atoms with Crippen molar-refractivity contribution in [3.05, 3.63) is 29.3 Å². The first kappa shape index (κ1) is 22.8. The second kappa shape index (κ2) is 10.8. The summed E-state index contributed by atoms with van der Waals surface area (Å²) in [5.41, 5.74) is 3.27. The molecule has 1 amide bonds. The van der Waals surface area contributed by atoms with E-state index in [-0.39, 0.29) is 11.9 Å². The number of nitrogens with zero attached hydrogens (tertiary/aromatic N) is 1. The highest BCUT2D eigenvalue weighted by Crippen LogP contribution is 2.26. The van der Waals surface area contributed by atoms with Crippen molar-refractivity contribution < 1.29 is 24.0 Å². The molecule has 1 aromatic carbocycles. The molecule has 0 bridgehead atoms. The Balaban J connectivity index is 0.000000597. The molecule has 1 fully saturated rings. The number of hydrogen-bond acceptors (Lipinski definition) is 3.